The van der Waals surface area contributed by atoms with E-state index in [0.29, 0.717) is 25.2 Å². The second-order valence-corrected chi connectivity index (χ2v) is 9.53. The van der Waals surface area contributed by atoms with Crippen LogP contribution in [0.25, 0.3) is 0 Å². The minimum atomic E-state index is -0.137. The van der Waals surface area contributed by atoms with E-state index < -0.39 is 0 Å². The number of aromatic nitrogens is 2. The van der Waals surface area contributed by atoms with Gasteiger partial charge in [-0.1, -0.05) is 44.0 Å². The van der Waals surface area contributed by atoms with Crippen molar-refractivity contribution in [3.05, 3.63) is 82.4 Å². The summed E-state index contributed by atoms with van der Waals surface area (Å²) in [6, 6.07) is 16.0. The predicted octanol–water partition coefficient (Wildman–Crippen LogP) is 5.98. The Kier molecular flexibility index (Phi) is 11.2. The van der Waals surface area contributed by atoms with Crippen LogP contribution in [0.2, 0.25) is 0 Å². The number of amides is 1. The fourth-order valence-electron chi connectivity index (χ4n) is 4.92. The van der Waals surface area contributed by atoms with Crippen molar-refractivity contribution in [3.63, 3.8) is 0 Å². The van der Waals surface area contributed by atoms with Crippen LogP contribution in [0, 0.1) is 32.1 Å². The zero-order valence-corrected chi connectivity index (χ0v) is 23.7. The third-order valence-electron chi connectivity index (χ3n) is 7.23. The number of aryl methyl sites for hydroxylation is 2. The van der Waals surface area contributed by atoms with Crippen LogP contribution in [0.4, 0.5) is 5.69 Å². The number of anilines is 1. The lowest BCUT2D eigenvalue weighted by atomic mass is 10.0. The van der Waals surface area contributed by atoms with Crippen molar-refractivity contribution in [2.45, 2.75) is 66.1 Å². The first-order valence-electron chi connectivity index (χ1n) is 12.5. The number of rotatable bonds is 8. The van der Waals surface area contributed by atoms with Crippen LogP contribution in [-0.2, 0) is 17.9 Å². The number of hydrogen-bond acceptors (Lipinski definition) is 4. The van der Waals surface area contributed by atoms with E-state index in [0.717, 1.165) is 48.6 Å². The summed E-state index contributed by atoms with van der Waals surface area (Å²) in [5, 5.41) is 9.08. The summed E-state index contributed by atoms with van der Waals surface area (Å²) in [6.45, 7) is 11.3. The van der Waals surface area contributed by atoms with E-state index in [1.165, 1.54) is 11.1 Å². The predicted molar refractivity (Wildman–Crippen MR) is 154 cm³/mol. The first-order chi connectivity index (χ1) is 16.9. The molecule has 0 N–H and O–H groups in total. The quantitative estimate of drug-likeness (QED) is 0.351. The summed E-state index contributed by atoms with van der Waals surface area (Å²) < 4.78 is 2.22. The van der Waals surface area contributed by atoms with Crippen LogP contribution in [0.3, 0.4) is 0 Å². The Morgan fingerprint density at radius 2 is 1.76 bits per heavy atom. The molecule has 0 aliphatic carbocycles. The van der Waals surface area contributed by atoms with Crippen LogP contribution in [0.1, 0.15) is 60.0 Å². The molecule has 198 valence electrons. The second kappa shape index (κ2) is 13.6. The number of nitriles is 1. The maximum Gasteiger partial charge on any atom is 0.244 e. The van der Waals surface area contributed by atoms with E-state index >= 15 is 0 Å². The van der Waals surface area contributed by atoms with E-state index in [9.17, 15) is 4.79 Å². The fraction of sp³-hybridized carbons (Fsp3) is 0.414. The normalized spacial score (nSPS) is 15.6. The van der Waals surface area contributed by atoms with Crippen LogP contribution in [0.15, 0.2) is 48.7 Å². The minimum absolute atomic E-state index is 0. The van der Waals surface area contributed by atoms with Gasteiger partial charge in [0.2, 0.25) is 5.91 Å². The van der Waals surface area contributed by atoms with E-state index in [-0.39, 0.29) is 36.8 Å². The molecule has 0 unspecified atom stereocenters. The van der Waals surface area contributed by atoms with Crippen LogP contribution < -0.4 is 4.90 Å². The van der Waals surface area contributed by atoms with Crippen LogP contribution >= 0.6 is 24.8 Å². The van der Waals surface area contributed by atoms with Crippen molar-refractivity contribution in [3.8, 4) is 6.07 Å². The average Bonchev–Trinajstić information content (AvgIpc) is 3.20. The number of benzene rings is 2. The molecule has 1 amide bonds. The third-order valence-corrected chi connectivity index (χ3v) is 7.23. The van der Waals surface area contributed by atoms with Gasteiger partial charge in [0.15, 0.2) is 0 Å². The monoisotopic (exact) mass is 541 g/mol. The van der Waals surface area contributed by atoms with Gasteiger partial charge in [0.05, 0.1) is 23.4 Å². The molecule has 6 nitrogen and oxygen atoms in total. The molecule has 2 aromatic carbocycles. The summed E-state index contributed by atoms with van der Waals surface area (Å²) in [5.74, 6) is 1.16. The average molecular weight is 543 g/mol. The molecule has 1 aliphatic rings. The Morgan fingerprint density at radius 1 is 1.03 bits per heavy atom. The molecular weight excluding hydrogens is 505 g/mol. The first kappa shape index (κ1) is 30.4. The fourth-order valence-corrected chi connectivity index (χ4v) is 4.92. The molecule has 1 saturated heterocycles. The largest absolute Gasteiger partial charge is 0.327 e. The third kappa shape index (κ3) is 6.73. The van der Waals surface area contributed by atoms with Gasteiger partial charge in [-0.05, 0) is 62.1 Å². The van der Waals surface area contributed by atoms with Gasteiger partial charge < -0.3 is 9.47 Å². The molecule has 37 heavy (non-hydrogen) atoms. The molecule has 4 rings (SSSR count). The maximum absolute atomic E-state index is 13.8. The lowest BCUT2D eigenvalue weighted by molar-refractivity contribution is -0.126. The summed E-state index contributed by atoms with van der Waals surface area (Å²) in [5.41, 5.74) is 6.34. The highest BCUT2D eigenvalue weighted by Gasteiger charge is 2.36. The second-order valence-electron chi connectivity index (χ2n) is 9.53. The Hall–Kier alpha value is -2.85. The molecule has 0 bridgehead atoms. The van der Waals surface area contributed by atoms with Crippen molar-refractivity contribution in [1.82, 2.24) is 14.5 Å². The summed E-state index contributed by atoms with van der Waals surface area (Å²) in [7, 11) is 0. The van der Waals surface area contributed by atoms with Gasteiger partial charge in [-0.15, -0.1) is 24.8 Å². The van der Waals surface area contributed by atoms with Gasteiger partial charge in [0, 0.05) is 38.1 Å². The summed E-state index contributed by atoms with van der Waals surface area (Å²) in [6.07, 6.45) is 4.89. The van der Waals surface area contributed by atoms with Crippen molar-refractivity contribution < 1.29 is 4.79 Å². The molecular formula is C29H37Cl2N5O. The van der Waals surface area contributed by atoms with Crippen LogP contribution in [-0.4, -0.2) is 39.5 Å². The molecule has 1 aromatic heterocycles. The van der Waals surface area contributed by atoms with Gasteiger partial charge in [-0.3, -0.25) is 9.69 Å². The number of imidazole rings is 1. The highest BCUT2D eigenvalue weighted by Crippen LogP contribution is 2.28. The number of carbonyl (C=O) groups is 1. The molecule has 1 atom stereocenters. The summed E-state index contributed by atoms with van der Waals surface area (Å²) in [4.78, 5) is 22.7. The van der Waals surface area contributed by atoms with Crippen LogP contribution in [0.5, 0.6) is 0 Å². The van der Waals surface area contributed by atoms with E-state index in [1.807, 2.05) is 48.4 Å². The Morgan fingerprint density at radius 3 is 2.43 bits per heavy atom. The zero-order chi connectivity index (χ0) is 24.9. The molecule has 1 fully saturated rings. The number of carbonyl (C=O) groups excluding carboxylic acids is 1. The lowest BCUT2D eigenvalue weighted by Gasteiger charge is -2.41. The summed E-state index contributed by atoms with van der Waals surface area (Å²) >= 11 is 0. The van der Waals surface area contributed by atoms with E-state index in [2.05, 4.69) is 53.4 Å². The van der Waals surface area contributed by atoms with E-state index in [4.69, 9.17) is 5.26 Å². The molecule has 0 radical (unpaired) electrons. The number of hydrogen-bond donors (Lipinski definition) is 0. The zero-order valence-electron chi connectivity index (χ0n) is 22.1. The molecule has 1 aliphatic heterocycles. The van der Waals surface area contributed by atoms with Gasteiger partial charge in [-0.25, -0.2) is 4.98 Å². The standard InChI is InChI=1S/C29H35N5O.2ClH/c1-5-6-9-28-29(35)33(27-10-7-8-21(2)22(27)3)16-15-32(28)20-26-18-31-23(4)34(26)19-25-13-11-24(17-30)12-14-25;;/h7-8,10-14,18,28H,5-6,9,15-16,19-20H2,1-4H3;2*1H/t28-;;/m0../s1. The highest BCUT2D eigenvalue weighted by molar-refractivity contribution is 5.98. The maximum atomic E-state index is 13.8. The Bertz CT molecular complexity index is 1230. The minimum Gasteiger partial charge on any atom is -0.327 e. The van der Waals surface area contributed by atoms with Crippen molar-refractivity contribution in [2.75, 3.05) is 18.0 Å². The van der Waals surface area contributed by atoms with Crippen molar-refractivity contribution >= 4 is 36.4 Å². The number of nitrogens with zero attached hydrogens (tertiary/aromatic N) is 5. The molecule has 3 aromatic rings. The number of piperazine rings is 1. The van der Waals surface area contributed by atoms with Crippen molar-refractivity contribution in [2.24, 2.45) is 0 Å². The number of halogens is 2. The molecule has 0 saturated carbocycles. The SMILES string of the molecule is CCCC[C@H]1C(=O)N(c2cccc(C)c2C)CCN1Cc1cnc(C)n1Cc1ccc(C#N)cc1.Cl.Cl. The number of unbranched alkanes of at least 4 members (excludes halogenated alkanes) is 1. The lowest BCUT2D eigenvalue weighted by Crippen LogP contribution is -2.57. The van der Waals surface area contributed by atoms with E-state index in [1.54, 1.807) is 0 Å². The topological polar surface area (TPSA) is 65.2 Å². The van der Waals surface area contributed by atoms with Crippen molar-refractivity contribution in [1.29, 1.82) is 5.26 Å². The Labute approximate surface area is 233 Å². The molecule has 0 spiro atoms. The smallest absolute Gasteiger partial charge is 0.244 e. The first-order valence-corrected chi connectivity index (χ1v) is 12.5. The van der Waals surface area contributed by atoms with Gasteiger partial charge in [0.25, 0.3) is 0 Å². The van der Waals surface area contributed by atoms with Gasteiger partial charge in [0.1, 0.15) is 5.82 Å². The van der Waals surface area contributed by atoms with Gasteiger partial charge in [-0.2, -0.15) is 5.26 Å². The highest BCUT2D eigenvalue weighted by atomic mass is 35.5. The molecule has 2 heterocycles. The Balaban J connectivity index is 0.00000241. The van der Waals surface area contributed by atoms with Gasteiger partial charge >= 0.3 is 0 Å². The molecule has 8 heteroatoms.